The molecule has 0 aliphatic carbocycles. The number of aromatic nitrogens is 4. The van der Waals surface area contributed by atoms with E-state index in [0.717, 1.165) is 42.9 Å². The summed E-state index contributed by atoms with van der Waals surface area (Å²) < 4.78 is 20.1. The van der Waals surface area contributed by atoms with Crippen LogP contribution in [0.25, 0.3) is 10.8 Å². The zero-order valence-electron chi connectivity index (χ0n) is 21.6. The van der Waals surface area contributed by atoms with E-state index in [4.69, 9.17) is 14.7 Å². The minimum Gasteiger partial charge on any atom is -0.390 e. The Labute approximate surface area is 216 Å². The van der Waals surface area contributed by atoms with E-state index in [9.17, 15) is 9.50 Å². The van der Waals surface area contributed by atoms with Gasteiger partial charge >= 0.3 is 0 Å². The fourth-order valence-electron chi connectivity index (χ4n) is 5.44. The zero-order chi connectivity index (χ0) is 25.7. The van der Waals surface area contributed by atoms with Crippen molar-refractivity contribution in [2.75, 3.05) is 54.5 Å². The molecular formula is C27H34FN7O2. The number of anilines is 4. The van der Waals surface area contributed by atoms with Crippen molar-refractivity contribution in [2.45, 2.75) is 44.9 Å². The van der Waals surface area contributed by atoms with Crippen LogP contribution in [-0.4, -0.2) is 76.2 Å². The van der Waals surface area contributed by atoms with Crippen LogP contribution in [0.15, 0.2) is 30.7 Å². The molecular weight excluding hydrogens is 473 g/mol. The van der Waals surface area contributed by atoms with Crippen molar-refractivity contribution < 1.29 is 14.2 Å². The van der Waals surface area contributed by atoms with Crippen LogP contribution >= 0.6 is 0 Å². The van der Waals surface area contributed by atoms with E-state index in [1.165, 1.54) is 12.5 Å². The number of rotatable bonds is 6. The van der Waals surface area contributed by atoms with Gasteiger partial charge in [0.05, 0.1) is 25.9 Å². The van der Waals surface area contributed by atoms with Crippen molar-refractivity contribution in [1.82, 2.24) is 19.9 Å². The lowest BCUT2D eigenvalue weighted by Gasteiger charge is -2.47. The first-order chi connectivity index (χ1) is 17.8. The SMILES string of the molecule is CC(C)c1cnc(N2CC(C3COC3)C2)c2cnc(Nc3ccnc(N4CC[C@@H](O)[C@@](C)(F)C4)n3)cc12. The fraction of sp³-hybridized carbons (Fsp3) is 0.556. The molecule has 37 heavy (non-hydrogen) atoms. The number of halogens is 1. The smallest absolute Gasteiger partial charge is 0.227 e. The third-order valence-electron chi connectivity index (χ3n) is 7.99. The van der Waals surface area contributed by atoms with E-state index in [1.807, 2.05) is 12.4 Å². The number of hydrogen-bond donors (Lipinski definition) is 2. The maximum absolute atomic E-state index is 14.7. The van der Waals surface area contributed by atoms with Crippen molar-refractivity contribution >= 4 is 34.2 Å². The van der Waals surface area contributed by atoms with Gasteiger partial charge in [-0.2, -0.15) is 4.98 Å². The number of aliphatic hydroxyl groups is 1. The van der Waals surface area contributed by atoms with Gasteiger partial charge in [-0.05, 0) is 42.3 Å². The molecule has 196 valence electrons. The lowest BCUT2D eigenvalue weighted by Crippen LogP contribution is -2.54. The minimum atomic E-state index is -1.70. The van der Waals surface area contributed by atoms with Gasteiger partial charge in [0.25, 0.3) is 0 Å². The summed E-state index contributed by atoms with van der Waals surface area (Å²) in [7, 11) is 0. The summed E-state index contributed by atoms with van der Waals surface area (Å²) in [4.78, 5) is 22.6. The maximum Gasteiger partial charge on any atom is 0.227 e. The predicted molar refractivity (Wildman–Crippen MR) is 141 cm³/mol. The standard InChI is InChI=1S/C27H34FN7O2/c1-16(2)20-9-31-25(35-11-17(12-35)18-13-37-14-18)21-10-30-24(8-19(20)21)32-23-4-6-29-26(33-23)34-7-5-22(36)27(3,28)15-34/h4,6,8-10,16-18,22,36H,5,7,11-15H2,1-3H3,(H,29,30,32,33)/t22-,27+/m1/s1. The molecule has 3 aromatic heterocycles. The second kappa shape index (κ2) is 9.33. The van der Waals surface area contributed by atoms with Crippen LogP contribution in [-0.2, 0) is 4.74 Å². The average molecular weight is 508 g/mol. The fourth-order valence-corrected chi connectivity index (χ4v) is 5.44. The van der Waals surface area contributed by atoms with Crippen molar-refractivity contribution in [2.24, 2.45) is 11.8 Å². The highest BCUT2D eigenvalue weighted by molar-refractivity contribution is 5.96. The van der Waals surface area contributed by atoms with E-state index in [2.05, 4.69) is 40.1 Å². The van der Waals surface area contributed by atoms with E-state index >= 15 is 0 Å². The van der Waals surface area contributed by atoms with Crippen LogP contribution < -0.4 is 15.1 Å². The Balaban J connectivity index is 1.25. The molecule has 6 rings (SSSR count). The highest BCUT2D eigenvalue weighted by atomic mass is 19.1. The van der Waals surface area contributed by atoms with Crippen molar-refractivity contribution in [3.05, 3.63) is 36.3 Å². The normalized spacial score (nSPS) is 24.9. The number of alkyl halides is 1. The van der Waals surface area contributed by atoms with E-state index in [0.29, 0.717) is 48.3 Å². The van der Waals surface area contributed by atoms with Gasteiger partial charge in [0, 0.05) is 55.4 Å². The van der Waals surface area contributed by atoms with Gasteiger partial charge in [-0.1, -0.05) is 13.8 Å². The Hall–Kier alpha value is -3.11. The van der Waals surface area contributed by atoms with Crippen LogP contribution in [0.4, 0.5) is 27.8 Å². The summed E-state index contributed by atoms with van der Waals surface area (Å²) >= 11 is 0. The average Bonchev–Trinajstić information content (AvgIpc) is 2.81. The first-order valence-corrected chi connectivity index (χ1v) is 13.1. The molecule has 2 N–H and O–H groups in total. The van der Waals surface area contributed by atoms with Gasteiger partial charge < -0.3 is 25.0 Å². The summed E-state index contributed by atoms with van der Waals surface area (Å²) in [5.74, 6) is 4.34. The molecule has 2 atom stereocenters. The molecule has 0 amide bonds. The molecule has 0 aromatic carbocycles. The highest BCUT2D eigenvalue weighted by Crippen LogP contribution is 2.38. The van der Waals surface area contributed by atoms with E-state index in [-0.39, 0.29) is 6.54 Å². The van der Waals surface area contributed by atoms with Crippen LogP contribution in [0, 0.1) is 11.8 Å². The molecule has 10 heteroatoms. The molecule has 3 saturated heterocycles. The molecule has 0 radical (unpaired) electrons. The number of fused-ring (bicyclic) bond motifs is 1. The number of pyridine rings is 2. The zero-order valence-corrected chi connectivity index (χ0v) is 21.6. The third kappa shape index (κ3) is 4.57. The Morgan fingerprint density at radius 3 is 2.59 bits per heavy atom. The number of aliphatic hydroxyl groups excluding tert-OH is 1. The molecule has 3 aromatic rings. The van der Waals surface area contributed by atoms with Gasteiger partial charge in [-0.15, -0.1) is 0 Å². The first kappa shape index (κ1) is 24.2. The molecule has 0 bridgehead atoms. The summed E-state index contributed by atoms with van der Waals surface area (Å²) in [6.07, 6.45) is 4.90. The van der Waals surface area contributed by atoms with E-state index < -0.39 is 11.8 Å². The van der Waals surface area contributed by atoms with Gasteiger partial charge in [0.1, 0.15) is 17.5 Å². The molecule has 9 nitrogen and oxygen atoms in total. The van der Waals surface area contributed by atoms with Crippen molar-refractivity contribution in [3.63, 3.8) is 0 Å². The molecule has 0 spiro atoms. The molecule has 0 unspecified atom stereocenters. The largest absolute Gasteiger partial charge is 0.390 e. The predicted octanol–water partition coefficient (Wildman–Crippen LogP) is 3.67. The van der Waals surface area contributed by atoms with Crippen LogP contribution in [0.2, 0.25) is 0 Å². The summed E-state index contributed by atoms with van der Waals surface area (Å²) in [5.41, 5.74) is -0.530. The Bertz CT molecular complexity index is 1290. The first-order valence-electron chi connectivity index (χ1n) is 13.1. The monoisotopic (exact) mass is 507 g/mol. The number of hydrogen-bond acceptors (Lipinski definition) is 9. The molecule has 6 heterocycles. The van der Waals surface area contributed by atoms with Crippen molar-refractivity contribution in [3.8, 4) is 0 Å². The van der Waals surface area contributed by atoms with E-state index in [1.54, 1.807) is 17.2 Å². The highest BCUT2D eigenvalue weighted by Gasteiger charge is 2.40. The maximum atomic E-state index is 14.7. The lowest BCUT2D eigenvalue weighted by molar-refractivity contribution is -0.0660. The lowest BCUT2D eigenvalue weighted by atomic mass is 9.84. The molecule has 3 aliphatic heterocycles. The van der Waals surface area contributed by atoms with Crippen LogP contribution in [0.1, 0.15) is 38.7 Å². The summed E-state index contributed by atoms with van der Waals surface area (Å²) in [6, 6.07) is 3.83. The molecule has 3 fully saturated rings. The topological polar surface area (TPSA) is 99.5 Å². The Morgan fingerprint density at radius 1 is 1.08 bits per heavy atom. The molecule has 0 saturated carbocycles. The van der Waals surface area contributed by atoms with Gasteiger partial charge in [0.15, 0.2) is 5.67 Å². The number of nitrogens with zero attached hydrogens (tertiary/aromatic N) is 6. The quantitative estimate of drug-likeness (QED) is 0.518. The van der Waals surface area contributed by atoms with Gasteiger partial charge in [-0.25, -0.2) is 19.3 Å². The second-order valence-corrected chi connectivity index (χ2v) is 11.1. The minimum absolute atomic E-state index is 0.0461. The Morgan fingerprint density at radius 2 is 1.89 bits per heavy atom. The van der Waals surface area contributed by atoms with Gasteiger partial charge in [0.2, 0.25) is 5.95 Å². The molecule has 3 aliphatic rings. The van der Waals surface area contributed by atoms with Gasteiger partial charge in [-0.3, -0.25) is 0 Å². The Kier molecular flexibility index (Phi) is 6.11. The summed E-state index contributed by atoms with van der Waals surface area (Å²) in [6.45, 7) is 10.1. The third-order valence-corrected chi connectivity index (χ3v) is 7.99. The number of nitrogens with one attached hydrogen (secondary N) is 1. The van der Waals surface area contributed by atoms with Crippen LogP contribution in [0.3, 0.4) is 0 Å². The second-order valence-electron chi connectivity index (χ2n) is 11.1. The van der Waals surface area contributed by atoms with Crippen LogP contribution in [0.5, 0.6) is 0 Å². The van der Waals surface area contributed by atoms with Crippen molar-refractivity contribution in [1.29, 1.82) is 0 Å². The number of ether oxygens (including phenoxy) is 1. The summed E-state index contributed by atoms with van der Waals surface area (Å²) in [5, 5.41) is 15.4. The number of piperidine rings is 1.